The van der Waals surface area contributed by atoms with Crippen LogP contribution in [-0.2, 0) is 16.6 Å². The van der Waals surface area contributed by atoms with Crippen molar-refractivity contribution in [2.24, 2.45) is 13.0 Å². The van der Waals surface area contributed by atoms with Gasteiger partial charge in [0.1, 0.15) is 5.70 Å². The molecule has 1 fully saturated rings. The molecule has 4 N–H and O–H groups in total. The number of carboxylic acid groups (broad SMARTS) is 1. The van der Waals surface area contributed by atoms with Gasteiger partial charge in [-0.05, 0) is 36.6 Å². The first-order valence-electron chi connectivity index (χ1n) is 9.40. The molecule has 2 aliphatic heterocycles. The number of aromatic nitrogens is 2. The third-order valence-corrected chi connectivity index (χ3v) is 5.37. The standard InChI is InChI=1S/C20H21N5O5/c1-10(26)16-14-7-13(17(19(28)29)25(14)18(16)27)11-3-5-12(6-4-11)22-20(30)23-15-8-24(2)9-21-15/h3-6,8-10,14,16,26H,7H2,1-2H3,(H,28,29)(H2,22,23,30)/t10-,14-,16-/m1/s1. The number of carboxylic acids is 1. The maximum absolute atomic E-state index is 12.3. The van der Waals surface area contributed by atoms with Gasteiger partial charge in [-0.25, -0.2) is 14.6 Å². The number of fused-ring (bicyclic) bond motifs is 1. The molecule has 0 spiro atoms. The number of aryl methyl sites for hydroxylation is 1. The first kappa shape index (κ1) is 19.6. The Labute approximate surface area is 171 Å². The number of carbonyl (C=O) groups excluding carboxylic acids is 2. The molecule has 0 bridgehead atoms. The number of imidazole rings is 1. The number of nitrogens with one attached hydrogen (secondary N) is 2. The Morgan fingerprint density at radius 1 is 1.23 bits per heavy atom. The predicted molar refractivity (Wildman–Crippen MR) is 107 cm³/mol. The summed E-state index contributed by atoms with van der Waals surface area (Å²) < 4.78 is 1.70. The van der Waals surface area contributed by atoms with Crippen molar-refractivity contribution in [2.75, 3.05) is 10.6 Å². The molecule has 3 atom stereocenters. The number of anilines is 2. The van der Waals surface area contributed by atoms with Crippen LogP contribution in [0.3, 0.4) is 0 Å². The minimum atomic E-state index is -1.18. The topological polar surface area (TPSA) is 137 Å². The van der Waals surface area contributed by atoms with Crippen LogP contribution in [0.15, 0.2) is 42.5 Å². The van der Waals surface area contributed by atoms with Gasteiger partial charge in [0.25, 0.3) is 0 Å². The van der Waals surface area contributed by atoms with Crippen molar-refractivity contribution in [3.05, 3.63) is 48.1 Å². The minimum absolute atomic E-state index is 0.0458. The van der Waals surface area contributed by atoms with Gasteiger partial charge in [0.05, 0.1) is 24.4 Å². The number of aliphatic carboxylic acids is 1. The highest BCUT2D eigenvalue weighted by molar-refractivity contribution is 6.06. The Hall–Kier alpha value is -3.66. The summed E-state index contributed by atoms with van der Waals surface area (Å²) in [5.74, 6) is -1.72. The summed E-state index contributed by atoms with van der Waals surface area (Å²) in [5.41, 5.74) is 1.66. The zero-order valence-corrected chi connectivity index (χ0v) is 16.4. The third kappa shape index (κ3) is 3.30. The monoisotopic (exact) mass is 411 g/mol. The molecule has 2 aliphatic rings. The highest BCUT2D eigenvalue weighted by atomic mass is 16.4. The van der Waals surface area contributed by atoms with Crippen molar-refractivity contribution in [1.29, 1.82) is 0 Å². The smallest absolute Gasteiger partial charge is 0.352 e. The van der Waals surface area contributed by atoms with E-state index < -0.39 is 24.0 Å². The summed E-state index contributed by atoms with van der Waals surface area (Å²) in [6.07, 6.45) is 2.75. The highest BCUT2D eigenvalue weighted by Gasteiger charge is 2.56. The van der Waals surface area contributed by atoms with Crippen LogP contribution in [0.2, 0.25) is 0 Å². The van der Waals surface area contributed by atoms with E-state index in [1.807, 2.05) is 0 Å². The molecule has 10 heteroatoms. The SMILES string of the molecule is C[C@@H](O)[C@H]1C(=O)N2C(C(=O)O)=C(c3ccc(NC(=O)Nc4cn(C)cn4)cc3)C[C@H]12. The number of carbonyl (C=O) groups is 3. The van der Waals surface area contributed by atoms with Crippen LogP contribution >= 0.6 is 0 Å². The molecule has 0 unspecified atom stereocenters. The lowest BCUT2D eigenvalue weighted by Gasteiger charge is -2.44. The molecule has 4 rings (SSSR count). The van der Waals surface area contributed by atoms with Crippen LogP contribution < -0.4 is 10.6 Å². The van der Waals surface area contributed by atoms with Crippen LogP contribution in [0.5, 0.6) is 0 Å². The molecule has 1 aromatic carbocycles. The summed E-state index contributed by atoms with van der Waals surface area (Å²) in [4.78, 5) is 41.5. The second-order valence-corrected chi connectivity index (χ2v) is 7.46. The molecule has 30 heavy (non-hydrogen) atoms. The number of urea groups is 1. The van der Waals surface area contributed by atoms with E-state index in [1.165, 1.54) is 11.8 Å². The summed E-state index contributed by atoms with van der Waals surface area (Å²) >= 11 is 0. The fourth-order valence-corrected chi connectivity index (χ4v) is 4.04. The molecule has 3 amide bonds. The summed E-state index contributed by atoms with van der Waals surface area (Å²) in [5, 5.41) is 24.8. The lowest BCUT2D eigenvalue weighted by Crippen LogP contribution is -2.61. The zero-order chi connectivity index (χ0) is 21.6. The van der Waals surface area contributed by atoms with Gasteiger partial charge in [-0.3, -0.25) is 10.1 Å². The first-order chi connectivity index (χ1) is 14.3. The fraction of sp³-hybridized carbons (Fsp3) is 0.300. The fourth-order valence-electron chi connectivity index (χ4n) is 4.04. The Morgan fingerprint density at radius 3 is 2.50 bits per heavy atom. The van der Waals surface area contributed by atoms with E-state index in [0.717, 1.165) is 0 Å². The van der Waals surface area contributed by atoms with E-state index in [0.29, 0.717) is 29.1 Å². The number of aliphatic hydroxyl groups excluding tert-OH is 1. The van der Waals surface area contributed by atoms with E-state index in [1.54, 1.807) is 48.4 Å². The number of amides is 3. The predicted octanol–water partition coefficient (Wildman–Crippen LogP) is 1.47. The highest BCUT2D eigenvalue weighted by Crippen LogP contribution is 2.46. The van der Waals surface area contributed by atoms with Crippen LogP contribution in [0.4, 0.5) is 16.3 Å². The number of β-lactam (4-membered cyclic amide) rings is 1. The molecule has 0 aliphatic carbocycles. The number of nitrogens with zero attached hydrogens (tertiary/aromatic N) is 3. The number of hydrogen-bond donors (Lipinski definition) is 4. The van der Waals surface area contributed by atoms with Gasteiger partial charge in [0, 0.05) is 18.9 Å². The third-order valence-electron chi connectivity index (χ3n) is 5.37. The number of aliphatic hydroxyl groups is 1. The van der Waals surface area contributed by atoms with Crippen molar-refractivity contribution in [2.45, 2.75) is 25.5 Å². The average Bonchev–Trinajstić information content (AvgIpc) is 3.23. The van der Waals surface area contributed by atoms with Crippen molar-refractivity contribution < 1.29 is 24.6 Å². The van der Waals surface area contributed by atoms with Gasteiger partial charge < -0.3 is 25.0 Å². The summed E-state index contributed by atoms with van der Waals surface area (Å²) in [6, 6.07) is 5.90. The molecule has 2 aromatic rings. The lowest BCUT2D eigenvalue weighted by atomic mass is 9.82. The Bertz CT molecular complexity index is 1060. The minimum Gasteiger partial charge on any atom is -0.477 e. The molecular formula is C20H21N5O5. The van der Waals surface area contributed by atoms with Crippen LogP contribution in [0.1, 0.15) is 18.9 Å². The van der Waals surface area contributed by atoms with Gasteiger partial charge >= 0.3 is 12.0 Å². The average molecular weight is 411 g/mol. The second kappa shape index (κ2) is 7.30. The quantitative estimate of drug-likeness (QED) is 0.550. The van der Waals surface area contributed by atoms with Crippen molar-refractivity contribution >= 4 is 35.0 Å². The number of hydrogen-bond acceptors (Lipinski definition) is 5. The van der Waals surface area contributed by atoms with E-state index in [2.05, 4.69) is 15.6 Å². The Balaban J connectivity index is 1.50. The van der Waals surface area contributed by atoms with E-state index in [4.69, 9.17) is 0 Å². The number of rotatable bonds is 5. The van der Waals surface area contributed by atoms with Gasteiger partial charge in [-0.1, -0.05) is 12.1 Å². The summed E-state index contributed by atoms with van der Waals surface area (Å²) in [7, 11) is 1.79. The number of benzene rings is 1. The molecule has 0 saturated carbocycles. The molecule has 1 saturated heterocycles. The zero-order valence-electron chi connectivity index (χ0n) is 16.4. The molecule has 1 aromatic heterocycles. The van der Waals surface area contributed by atoms with Crippen molar-refractivity contribution in [1.82, 2.24) is 14.5 Å². The molecule has 3 heterocycles. The van der Waals surface area contributed by atoms with Gasteiger partial charge in [-0.15, -0.1) is 0 Å². The molecule has 10 nitrogen and oxygen atoms in total. The second-order valence-electron chi connectivity index (χ2n) is 7.46. The summed E-state index contributed by atoms with van der Waals surface area (Å²) in [6.45, 7) is 1.54. The largest absolute Gasteiger partial charge is 0.477 e. The van der Waals surface area contributed by atoms with E-state index in [-0.39, 0.29) is 17.6 Å². The van der Waals surface area contributed by atoms with Crippen molar-refractivity contribution in [3.63, 3.8) is 0 Å². The van der Waals surface area contributed by atoms with Gasteiger partial charge in [0.15, 0.2) is 5.82 Å². The maximum atomic E-state index is 12.3. The van der Waals surface area contributed by atoms with Crippen LogP contribution in [0.25, 0.3) is 5.57 Å². The Kier molecular flexibility index (Phi) is 4.78. The molecule has 0 radical (unpaired) electrons. The van der Waals surface area contributed by atoms with Crippen molar-refractivity contribution in [3.8, 4) is 0 Å². The Morgan fingerprint density at radius 2 is 1.93 bits per heavy atom. The van der Waals surface area contributed by atoms with Gasteiger partial charge in [0.2, 0.25) is 5.91 Å². The molecular weight excluding hydrogens is 390 g/mol. The van der Waals surface area contributed by atoms with Gasteiger partial charge in [-0.2, -0.15) is 0 Å². The van der Waals surface area contributed by atoms with E-state index >= 15 is 0 Å². The normalized spacial score (nSPS) is 21.2. The van der Waals surface area contributed by atoms with Crippen LogP contribution in [-0.4, -0.2) is 54.7 Å². The van der Waals surface area contributed by atoms with E-state index in [9.17, 15) is 24.6 Å². The molecule has 156 valence electrons. The maximum Gasteiger partial charge on any atom is 0.352 e. The van der Waals surface area contributed by atoms with Crippen LogP contribution in [0, 0.1) is 5.92 Å². The first-order valence-corrected chi connectivity index (χ1v) is 9.40. The lowest BCUT2D eigenvalue weighted by molar-refractivity contribution is -0.161.